The van der Waals surface area contributed by atoms with Crippen LogP contribution >= 0.6 is 0 Å². The van der Waals surface area contributed by atoms with E-state index < -0.39 is 95.1 Å². The van der Waals surface area contributed by atoms with Gasteiger partial charge < -0.3 is 39.7 Å². The average Bonchev–Trinajstić information content (AvgIpc) is 2.91. The van der Waals surface area contributed by atoms with Crippen LogP contribution < -0.4 is 0 Å². The topological polar surface area (TPSA) is 197 Å². The standard InChI is InChI=1S/C31H34O12/c1-13-18(32)6-7-22(42-13)43-28-14(2)41-20(10-19(28)33)15-4-5-16-23(25(15)35)26(36)17-8-9-30(39)12-29(3,38)11-21(34)31(30,40)24(17)27(16)37/h4-5,8-9,13-14,19-20,22,28,33,35,38-40H,6-7,10-12H2,1-3H3/t13-,14-,19-,20-,22+,28-,29+,30+,31+/m1/s1. The van der Waals surface area contributed by atoms with Crippen LogP contribution in [0.2, 0.25) is 0 Å². The molecule has 3 fully saturated rings. The summed E-state index contributed by atoms with van der Waals surface area (Å²) in [6.07, 6.45) is -2.99. The van der Waals surface area contributed by atoms with E-state index in [0.29, 0.717) is 12.8 Å². The summed E-state index contributed by atoms with van der Waals surface area (Å²) < 4.78 is 17.6. The molecule has 12 nitrogen and oxygen atoms in total. The fourth-order valence-electron chi connectivity index (χ4n) is 7.12. The Kier molecular flexibility index (Phi) is 6.94. The van der Waals surface area contributed by atoms with Gasteiger partial charge in [-0.25, -0.2) is 0 Å². The Hall–Kier alpha value is -3.10. The van der Waals surface area contributed by atoms with E-state index in [-0.39, 0.29) is 34.5 Å². The van der Waals surface area contributed by atoms with Crippen molar-refractivity contribution in [2.75, 3.05) is 0 Å². The number of carbonyl (C=O) groups is 4. The molecule has 0 aromatic heterocycles. The maximum Gasteiger partial charge on any atom is 0.198 e. The van der Waals surface area contributed by atoms with Crippen molar-refractivity contribution in [2.45, 2.75) is 106 Å². The molecule has 6 rings (SSSR count). The second-order valence-electron chi connectivity index (χ2n) is 12.6. The molecule has 0 bridgehead atoms. The molecule has 5 aliphatic rings. The Morgan fingerprint density at radius 1 is 1.02 bits per heavy atom. The van der Waals surface area contributed by atoms with Gasteiger partial charge in [-0.1, -0.05) is 12.1 Å². The molecule has 43 heavy (non-hydrogen) atoms. The monoisotopic (exact) mass is 598 g/mol. The Labute approximate surface area is 246 Å². The fourth-order valence-corrected chi connectivity index (χ4v) is 7.12. The van der Waals surface area contributed by atoms with E-state index >= 15 is 0 Å². The lowest BCUT2D eigenvalue weighted by Gasteiger charge is -2.51. The quantitative estimate of drug-likeness (QED) is 0.330. The normalized spacial score (nSPS) is 41.2. The fraction of sp³-hybridized carbons (Fsp3) is 0.548. The first kappa shape index (κ1) is 29.9. The number of aliphatic hydroxyl groups is 4. The molecular formula is C31H34O12. The van der Waals surface area contributed by atoms with Gasteiger partial charge in [0, 0.05) is 48.8 Å². The molecule has 2 saturated heterocycles. The van der Waals surface area contributed by atoms with Crippen molar-refractivity contribution >= 4 is 23.1 Å². The third-order valence-electron chi connectivity index (χ3n) is 9.30. The maximum atomic E-state index is 13.8. The predicted octanol–water partition coefficient (Wildman–Crippen LogP) is 0.904. The summed E-state index contributed by atoms with van der Waals surface area (Å²) in [6.45, 7) is 4.64. The molecule has 2 heterocycles. The largest absolute Gasteiger partial charge is 0.507 e. The van der Waals surface area contributed by atoms with Crippen LogP contribution in [0, 0.1) is 0 Å². The highest BCUT2D eigenvalue weighted by atomic mass is 16.7. The van der Waals surface area contributed by atoms with Crippen LogP contribution in [0.15, 0.2) is 35.4 Å². The first-order valence-electron chi connectivity index (χ1n) is 14.3. The van der Waals surface area contributed by atoms with Crippen LogP contribution in [0.4, 0.5) is 0 Å². The summed E-state index contributed by atoms with van der Waals surface area (Å²) in [5.74, 6) is -3.35. The van der Waals surface area contributed by atoms with Crippen LogP contribution in [0.1, 0.15) is 85.3 Å². The van der Waals surface area contributed by atoms with Crippen molar-refractivity contribution in [3.63, 3.8) is 0 Å². The van der Waals surface area contributed by atoms with Gasteiger partial charge in [0.1, 0.15) is 23.6 Å². The van der Waals surface area contributed by atoms with Crippen LogP contribution in [0.5, 0.6) is 5.75 Å². The number of phenols is 1. The number of ether oxygens (including phenoxy) is 3. The van der Waals surface area contributed by atoms with Crippen molar-refractivity contribution in [3.05, 3.63) is 52.1 Å². The Bertz CT molecular complexity index is 1490. The summed E-state index contributed by atoms with van der Waals surface area (Å²) >= 11 is 0. The molecule has 0 radical (unpaired) electrons. The van der Waals surface area contributed by atoms with Gasteiger partial charge in [-0.15, -0.1) is 0 Å². The van der Waals surface area contributed by atoms with E-state index in [9.17, 15) is 44.7 Å². The molecule has 1 aromatic rings. The van der Waals surface area contributed by atoms with Crippen LogP contribution in [-0.2, 0) is 23.8 Å². The number of benzene rings is 1. The van der Waals surface area contributed by atoms with Gasteiger partial charge in [0.05, 0.1) is 35.0 Å². The lowest BCUT2D eigenvalue weighted by molar-refractivity contribution is -0.263. The smallest absolute Gasteiger partial charge is 0.198 e. The second-order valence-corrected chi connectivity index (χ2v) is 12.6. The van der Waals surface area contributed by atoms with E-state index in [4.69, 9.17) is 14.2 Å². The number of aliphatic hydroxyl groups excluding tert-OH is 1. The number of carbonyl (C=O) groups excluding carboxylic acids is 4. The number of hydrogen-bond acceptors (Lipinski definition) is 12. The minimum absolute atomic E-state index is 0.0280. The maximum absolute atomic E-state index is 13.8. The molecule has 0 unspecified atom stereocenters. The predicted molar refractivity (Wildman–Crippen MR) is 145 cm³/mol. The summed E-state index contributed by atoms with van der Waals surface area (Å²) in [7, 11) is 0. The minimum atomic E-state index is -2.77. The molecule has 3 aliphatic carbocycles. The Balaban J connectivity index is 1.29. The molecule has 0 spiro atoms. The SMILES string of the molecule is C[C@H]1O[C@@H](O[C@H]2[C@H](O)C[C@H](c3ccc4c(c3O)C(=O)C3=C(C4=O)[C@@]4(O)C(=O)C[C@](C)(O)C[C@@]4(O)C=C3)O[C@@H]2C)CCC1=O. The zero-order valence-electron chi connectivity index (χ0n) is 23.9. The number of hydrogen-bond donors (Lipinski definition) is 5. The van der Waals surface area contributed by atoms with E-state index in [2.05, 4.69) is 0 Å². The Morgan fingerprint density at radius 2 is 1.74 bits per heavy atom. The number of aromatic hydroxyl groups is 1. The second kappa shape index (κ2) is 9.96. The van der Waals surface area contributed by atoms with Gasteiger partial charge in [0.25, 0.3) is 0 Å². The van der Waals surface area contributed by atoms with E-state index in [0.717, 1.165) is 12.2 Å². The van der Waals surface area contributed by atoms with Crippen LogP contribution in [-0.4, -0.2) is 96.2 Å². The van der Waals surface area contributed by atoms with Crippen LogP contribution in [0.25, 0.3) is 0 Å². The zero-order valence-corrected chi connectivity index (χ0v) is 23.9. The zero-order chi connectivity index (χ0) is 31.2. The number of phenolic OH excluding ortho intramolecular Hbond substituents is 1. The molecule has 0 amide bonds. The number of rotatable bonds is 3. The molecule has 1 aromatic carbocycles. The first-order valence-corrected chi connectivity index (χ1v) is 14.3. The minimum Gasteiger partial charge on any atom is -0.507 e. The average molecular weight is 599 g/mol. The molecule has 2 aliphatic heterocycles. The van der Waals surface area contributed by atoms with Crippen molar-refractivity contribution < 1.29 is 58.9 Å². The van der Waals surface area contributed by atoms with Gasteiger partial charge >= 0.3 is 0 Å². The van der Waals surface area contributed by atoms with E-state index in [1.807, 2.05) is 0 Å². The summed E-state index contributed by atoms with van der Waals surface area (Å²) in [5.41, 5.74) is -8.19. The van der Waals surface area contributed by atoms with Gasteiger partial charge in [-0.3, -0.25) is 19.2 Å². The number of fused-ring (bicyclic) bond motifs is 3. The van der Waals surface area contributed by atoms with E-state index in [1.54, 1.807) is 13.8 Å². The van der Waals surface area contributed by atoms with Crippen molar-refractivity contribution in [1.82, 2.24) is 0 Å². The van der Waals surface area contributed by atoms with Gasteiger partial charge in [0.2, 0.25) is 0 Å². The molecule has 1 saturated carbocycles. The molecule has 5 N–H and O–H groups in total. The van der Waals surface area contributed by atoms with Crippen molar-refractivity contribution in [1.29, 1.82) is 0 Å². The third-order valence-corrected chi connectivity index (χ3v) is 9.30. The summed E-state index contributed by atoms with van der Waals surface area (Å²) in [4.78, 5) is 52.4. The van der Waals surface area contributed by atoms with Crippen molar-refractivity contribution in [3.8, 4) is 5.75 Å². The first-order chi connectivity index (χ1) is 20.1. The number of ketones is 4. The van der Waals surface area contributed by atoms with Crippen LogP contribution in [0.3, 0.4) is 0 Å². The summed E-state index contributed by atoms with van der Waals surface area (Å²) in [5, 5.41) is 55.6. The molecule has 12 heteroatoms. The third kappa shape index (κ3) is 4.47. The highest BCUT2D eigenvalue weighted by molar-refractivity contribution is 6.32. The molecular weight excluding hydrogens is 564 g/mol. The highest BCUT2D eigenvalue weighted by Gasteiger charge is 2.66. The summed E-state index contributed by atoms with van der Waals surface area (Å²) in [6, 6.07) is 2.64. The number of Topliss-reactive ketones (excluding diaryl/α,β-unsaturated/α-hetero) is 4. The lowest BCUT2D eigenvalue weighted by Crippen LogP contribution is -2.69. The molecule has 230 valence electrons. The Morgan fingerprint density at radius 3 is 2.42 bits per heavy atom. The van der Waals surface area contributed by atoms with Gasteiger partial charge in [0.15, 0.2) is 35.0 Å². The van der Waals surface area contributed by atoms with Gasteiger partial charge in [-0.05, 0) is 32.9 Å². The number of allylic oxidation sites excluding steroid dienone is 2. The van der Waals surface area contributed by atoms with Crippen molar-refractivity contribution in [2.24, 2.45) is 0 Å². The lowest BCUT2D eigenvalue weighted by atomic mass is 9.57. The molecule has 9 atom stereocenters. The van der Waals surface area contributed by atoms with E-state index in [1.165, 1.54) is 19.1 Å². The highest BCUT2D eigenvalue weighted by Crippen LogP contribution is 2.52. The van der Waals surface area contributed by atoms with Gasteiger partial charge in [-0.2, -0.15) is 0 Å².